The van der Waals surface area contributed by atoms with Gasteiger partial charge in [-0.25, -0.2) is 9.59 Å². The van der Waals surface area contributed by atoms with Crippen LogP contribution >= 0.6 is 23.2 Å². The van der Waals surface area contributed by atoms with Gasteiger partial charge in [-0.15, -0.1) is 0 Å². The minimum Gasteiger partial charge on any atom is -0.478 e. The second kappa shape index (κ2) is 6.60. The number of carboxylic acids is 1. The Bertz CT molecular complexity index is 730. The van der Waals surface area contributed by atoms with E-state index in [1.54, 1.807) is 25.1 Å². The highest BCUT2D eigenvalue weighted by molar-refractivity contribution is 6.42. The van der Waals surface area contributed by atoms with Crippen molar-refractivity contribution in [3.63, 3.8) is 0 Å². The van der Waals surface area contributed by atoms with Gasteiger partial charge in [-0.1, -0.05) is 42.3 Å². The lowest BCUT2D eigenvalue weighted by Crippen LogP contribution is -2.51. The molecule has 0 radical (unpaired) electrons. The highest BCUT2D eigenvalue weighted by Gasteiger charge is 2.41. The number of benzene rings is 1. The monoisotopic (exact) mass is 356 g/mol. The van der Waals surface area contributed by atoms with Crippen molar-refractivity contribution in [2.45, 2.75) is 26.3 Å². The zero-order chi connectivity index (χ0) is 17.3. The Kier molecular flexibility index (Phi) is 4.97. The van der Waals surface area contributed by atoms with Crippen molar-refractivity contribution in [1.29, 1.82) is 0 Å². The first-order chi connectivity index (χ1) is 10.8. The summed E-state index contributed by atoms with van der Waals surface area (Å²) in [4.78, 5) is 37.0. The molecule has 1 aromatic rings. The number of aliphatic carboxylic acids is 1. The normalized spacial score (nSPS) is 18.0. The van der Waals surface area contributed by atoms with E-state index in [1.165, 1.54) is 6.92 Å². The lowest BCUT2D eigenvalue weighted by molar-refractivity contribution is -0.134. The number of hydrogen-bond acceptors (Lipinski definition) is 3. The zero-order valence-corrected chi connectivity index (χ0v) is 13.9. The van der Waals surface area contributed by atoms with Crippen LogP contribution in [0.1, 0.15) is 31.9 Å². The molecule has 0 fully saturated rings. The third kappa shape index (κ3) is 3.04. The number of urea groups is 1. The second-order valence-electron chi connectivity index (χ2n) is 4.94. The van der Waals surface area contributed by atoms with Crippen molar-refractivity contribution in [2.24, 2.45) is 0 Å². The van der Waals surface area contributed by atoms with E-state index in [0.29, 0.717) is 0 Å². The van der Waals surface area contributed by atoms with Gasteiger partial charge in [0.05, 0.1) is 15.6 Å². The summed E-state index contributed by atoms with van der Waals surface area (Å²) in [5.74, 6) is -1.77. The first kappa shape index (κ1) is 17.3. The number of halogens is 2. The van der Waals surface area contributed by atoms with Gasteiger partial charge in [0.2, 0.25) is 5.91 Å². The number of imide groups is 1. The molecule has 0 aliphatic carbocycles. The van der Waals surface area contributed by atoms with E-state index in [-0.39, 0.29) is 33.3 Å². The lowest BCUT2D eigenvalue weighted by atomic mass is 9.93. The van der Waals surface area contributed by atoms with E-state index in [9.17, 15) is 19.5 Å². The number of carbonyl (C=O) groups is 3. The number of hydrogen-bond donors (Lipinski definition) is 2. The van der Waals surface area contributed by atoms with Crippen molar-refractivity contribution in [3.05, 3.63) is 45.1 Å². The molecule has 1 aromatic carbocycles. The molecule has 1 unspecified atom stereocenters. The number of nitrogens with zero attached hydrogens (tertiary/aromatic N) is 1. The van der Waals surface area contributed by atoms with Gasteiger partial charge in [-0.2, -0.15) is 0 Å². The molecule has 1 heterocycles. The second-order valence-corrected chi connectivity index (χ2v) is 5.72. The highest BCUT2D eigenvalue weighted by atomic mass is 35.5. The first-order valence-corrected chi connectivity index (χ1v) is 7.56. The van der Waals surface area contributed by atoms with Gasteiger partial charge < -0.3 is 10.4 Å². The van der Waals surface area contributed by atoms with Crippen LogP contribution in [0.5, 0.6) is 0 Å². The van der Waals surface area contributed by atoms with Crippen molar-refractivity contribution in [1.82, 2.24) is 10.2 Å². The Hall–Kier alpha value is -2.05. The predicted octanol–water partition coefficient (Wildman–Crippen LogP) is 3.35. The van der Waals surface area contributed by atoms with Gasteiger partial charge in [0.25, 0.3) is 0 Å². The summed E-state index contributed by atoms with van der Waals surface area (Å²) < 4.78 is 0. The molecular weight excluding hydrogens is 343 g/mol. The minimum atomic E-state index is -1.25. The summed E-state index contributed by atoms with van der Waals surface area (Å²) in [6.45, 7) is 3.04. The molecule has 1 atom stereocenters. The van der Waals surface area contributed by atoms with Gasteiger partial charge >= 0.3 is 12.0 Å². The summed E-state index contributed by atoms with van der Waals surface area (Å²) in [5.41, 5.74) is 0.312. The summed E-state index contributed by atoms with van der Waals surface area (Å²) >= 11 is 12.2. The number of amides is 3. The van der Waals surface area contributed by atoms with Crippen LogP contribution in [0.3, 0.4) is 0 Å². The molecular formula is C15H14Cl2N2O4. The summed E-state index contributed by atoms with van der Waals surface area (Å²) in [7, 11) is 0. The van der Waals surface area contributed by atoms with Gasteiger partial charge in [0.1, 0.15) is 6.04 Å². The Morgan fingerprint density at radius 3 is 2.57 bits per heavy atom. The van der Waals surface area contributed by atoms with Crippen LogP contribution in [0, 0.1) is 0 Å². The lowest BCUT2D eigenvalue weighted by Gasteiger charge is -2.36. The molecule has 122 valence electrons. The average Bonchev–Trinajstić information content (AvgIpc) is 2.48. The van der Waals surface area contributed by atoms with Crippen molar-refractivity contribution >= 4 is 41.1 Å². The fraction of sp³-hybridized carbons (Fsp3) is 0.267. The number of nitrogens with one attached hydrogen (secondary N) is 1. The van der Waals surface area contributed by atoms with Crippen LogP contribution < -0.4 is 5.32 Å². The quantitative estimate of drug-likeness (QED) is 0.869. The Labute approximate surface area is 142 Å². The van der Waals surface area contributed by atoms with Crippen LogP contribution in [-0.2, 0) is 9.59 Å². The van der Waals surface area contributed by atoms with Gasteiger partial charge in [0.15, 0.2) is 0 Å². The van der Waals surface area contributed by atoms with Crippen LogP contribution in [0.15, 0.2) is 29.5 Å². The van der Waals surface area contributed by atoms with Gasteiger partial charge in [-0.3, -0.25) is 9.69 Å². The van der Waals surface area contributed by atoms with Gasteiger partial charge in [-0.05, 0) is 13.0 Å². The first-order valence-electron chi connectivity index (χ1n) is 6.80. The summed E-state index contributed by atoms with van der Waals surface area (Å²) in [5, 5.41) is 12.3. The van der Waals surface area contributed by atoms with Crippen LogP contribution in [0.25, 0.3) is 0 Å². The molecule has 3 amide bonds. The smallest absolute Gasteiger partial charge is 0.335 e. The third-order valence-corrected chi connectivity index (χ3v) is 4.36. The van der Waals surface area contributed by atoms with Crippen molar-refractivity contribution in [2.75, 3.05) is 0 Å². The Morgan fingerprint density at radius 2 is 2.00 bits per heavy atom. The molecule has 2 N–H and O–H groups in total. The van der Waals surface area contributed by atoms with E-state index >= 15 is 0 Å². The van der Waals surface area contributed by atoms with Crippen LogP contribution in [-0.4, -0.2) is 27.9 Å². The van der Waals surface area contributed by atoms with E-state index < -0.39 is 23.9 Å². The standard InChI is InChI=1S/C15H14Cl2N2O4/c1-3-10(20)19-13(8-5-4-6-9(16)12(8)17)11(14(21)22)7(2)18-15(19)23/h4-6,13H,3H2,1-2H3,(H,18,23)(H,21,22). The molecule has 1 aliphatic heterocycles. The topological polar surface area (TPSA) is 86.7 Å². The Morgan fingerprint density at radius 1 is 1.35 bits per heavy atom. The summed E-state index contributed by atoms with van der Waals surface area (Å²) in [6.07, 6.45) is 0.0358. The fourth-order valence-corrected chi connectivity index (χ4v) is 2.88. The number of carbonyl (C=O) groups excluding carboxylic acids is 2. The predicted molar refractivity (Wildman–Crippen MR) is 85.2 cm³/mol. The van der Waals surface area contributed by atoms with Crippen LogP contribution in [0.2, 0.25) is 10.0 Å². The molecule has 0 bridgehead atoms. The molecule has 23 heavy (non-hydrogen) atoms. The fourth-order valence-electron chi connectivity index (χ4n) is 2.47. The molecule has 8 heteroatoms. The largest absolute Gasteiger partial charge is 0.478 e. The molecule has 0 saturated carbocycles. The van der Waals surface area contributed by atoms with Crippen LogP contribution in [0.4, 0.5) is 4.79 Å². The molecule has 0 aromatic heterocycles. The molecule has 0 spiro atoms. The van der Waals surface area contributed by atoms with Crippen molar-refractivity contribution in [3.8, 4) is 0 Å². The van der Waals surface area contributed by atoms with E-state index in [4.69, 9.17) is 23.2 Å². The zero-order valence-electron chi connectivity index (χ0n) is 12.4. The third-order valence-electron chi connectivity index (χ3n) is 3.53. The van der Waals surface area contributed by atoms with E-state index in [1.807, 2.05) is 0 Å². The number of rotatable bonds is 3. The average molecular weight is 357 g/mol. The van der Waals surface area contributed by atoms with Gasteiger partial charge in [0, 0.05) is 17.7 Å². The maximum atomic E-state index is 12.2. The molecule has 2 rings (SSSR count). The SMILES string of the molecule is CCC(=O)N1C(=O)NC(C)=C(C(=O)O)C1c1cccc(Cl)c1Cl. The summed E-state index contributed by atoms with van der Waals surface area (Å²) in [6, 6.07) is 2.84. The number of carboxylic acid groups (broad SMARTS) is 1. The molecule has 0 saturated heterocycles. The van der Waals surface area contributed by atoms with E-state index in [2.05, 4.69) is 5.32 Å². The number of allylic oxidation sites excluding steroid dienone is 1. The van der Waals surface area contributed by atoms with Crippen molar-refractivity contribution < 1.29 is 19.5 Å². The molecule has 1 aliphatic rings. The maximum Gasteiger partial charge on any atom is 0.335 e. The minimum absolute atomic E-state index is 0.0358. The Balaban J connectivity index is 2.74. The van der Waals surface area contributed by atoms with E-state index in [0.717, 1.165) is 4.90 Å². The highest BCUT2D eigenvalue weighted by Crippen LogP contribution is 2.39. The molecule has 6 nitrogen and oxygen atoms in total. The maximum absolute atomic E-state index is 12.2.